The second-order valence-corrected chi connectivity index (χ2v) is 9.49. The van der Waals surface area contributed by atoms with Gasteiger partial charge in [-0.1, -0.05) is 37.8 Å². The van der Waals surface area contributed by atoms with Gasteiger partial charge >= 0.3 is 7.82 Å². The number of aromatic nitrogens is 2. The molecule has 0 aliphatic rings. The van der Waals surface area contributed by atoms with E-state index in [0.29, 0.717) is 6.42 Å². The Bertz CT molecular complexity index is 712. The minimum absolute atomic E-state index is 0.0353. The number of nitrogens with zero attached hydrogens (tertiary/aromatic N) is 2. The molecule has 26 heavy (non-hydrogen) atoms. The lowest BCUT2D eigenvalue weighted by Crippen LogP contribution is -2.13. The molecule has 152 valence electrons. The normalized spacial score (nSPS) is 12.5. The molecule has 0 spiro atoms. The minimum atomic E-state index is -3.92. The van der Waals surface area contributed by atoms with Crippen LogP contribution >= 0.6 is 19.4 Å². The third-order valence-corrected chi connectivity index (χ3v) is 7.28. The highest BCUT2D eigenvalue weighted by molar-refractivity contribution is 7.91. The van der Waals surface area contributed by atoms with E-state index in [-0.39, 0.29) is 41.4 Å². The first-order chi connectivity index (χ1) is 12.2. The Kier molecular flexibility index (Phi) is 9.61. The minimum Gasteiger partial charge on any atom is -0.382 e. The highest BCUT2D eigenvalue weighted by atomic mass is 35.5. The lowest BCUT2D eigenvalue weighted by molar-refractivity contribution is 0.165. The first-order valence-corrected chi connectivity index (χ1v) is 12.3. The van der Waals surface area contributed by atoms with E-state index >= 15 is 0 Å². The van der Waals surface area contributed by atoms with Crippen molar-refractivity contribution in [3.05, 3.63) is 5.02 Å². The van der Waals surface area contributed by atoms with E-state index in [0.717, 1.165) is 19.3 Å². The van der Waals surface area contributed by atoms with Gasteiger partial charge in [-0.15, -0.1) is 5.10 Å². The second kappa shape index (κ2) is 10.7. The van der Waals surface area contributed by atoms with E-state index in [4.69, 9.17) is 25.2 Å². The predicted octanol–water partition coefficient (Wildman–Crippen LogP) is 4.47. The van der Waals surface area contributed by atoms with E-state index < -0.39 is 17.7 Å². The average Bonchev–Trinajstić information content (AvgIpc) is 2.88. The Morgan fingerprint density at radius 1 is 1.08 bits per heavy atom. The van der Waals surface area contributed by atoms with Gasteiger partial charge in [-0.05, 0) is 27.2 Å². The molecule has 0 amide bonds. The summed E-state index contributed by atoms with van der Waals surface area (Å²) in [7, 11) is -7.58. The van der Waals surface area contributed by atoms with Crippen LogP contribution in [0.25, 0.3) is 0 Å². The van der Waals surface area contributed by atoms with Crippen LogP contribution in [0.2, 0.25) is 5.02 Å². The van der Waals surface area contributed by atoms with Crippen molar-refractivity contribution in [2.75, 3.05) is 19.0 Å². The number of aryl methyl sites for hydroxylation is 1. The molecule has 0 unspecified atom stereocenters. The lowest BCUT2D eigenvalue weighted by atomic mass is 10.2. The standard InChI is InChI=1S/C15H28ClN2O6PS/c1-5-9-10-11-12-26(20,21)15-13(16)14(17-18(15)6-2)24-25(19,22-7-3)23-8-4/h5-12H2,1-4H3. The number of sulfone groups is 1. The van der Waals surface area contributed by atoms with Gasteiger partial charge in [-0.2, -0.15) is 0 Å². The van der Waals surface area contributed by atoms with Crippen LogP contribution in [0.1, 0.15) is 53.4 Å². The third kappa shape index (κ3) is 6.23. The summed E-state index contributed by atoms with van der Waals surface area (Å²) in [6.45, 7) is 7.49. The van der Waals surface area contributed by atoms with Crippen molar-refractivity contribution in [3.8, 4) is 5.88 Å². The summed E-state index contributed by atoms with van der Waals surface area (Å²) in [5.74, 6) is -0.308. The summed E-state index contributed by atoms with van der Waals surface area (Å²) in [6, 6.07) is 0. The fourth-order valence-corrected chi connectivity index (χ4v) is 5.66. The van der Waals surface area contributed by atoms with Gasteiger partial charge < -0.3 is 4.52 Å². The van der Waals surface area contributed by atoms with Crippen molar-refractivity contribution >= 4 is 29.3 Å². The Morgan fingerprint density at radius 3 is 2.19 bits per heavy atom. The van der Waals surface area contributed by atoms with E-state index in [1.807, 2.05) is 0 Å². The summed E-state index contributed by atoms with van der Waals surface area (Å²) in [6.07, 6.45) is 3.33. The molecule has 1 rings (SSSR count). The summed E-state index contributed by atoms with van der Waals surface area (Å²) in [5.41, 5.74) is 0. The van der Waals surface area contributed by atoms with Crippen LogP contribution in [-0.4, -0.2) is 37.2 Å². The Labute approximate surface area is 160 Å². The topological polar surface area (TPSA) is 96.7 Å². The molecule has 0 aromatic carbocycles. The summed E-state index contributed by atoms with van der Waals surface area (Å²) < 4.78 is 54.5. The summed E-state index contributed by atoms with van der Waals surface area (Å²) in [5, 5.41) is 3.70. The van der Waals surface area contributed by atoms with Crippen molar-refractivity contribution in [2.45, 2.75) is 64.9 Å². The van der Waals surface area contributed by atoms with Crippen LogP contribution < -0.4 is 4.52 Å². The molecule has 0 fully saturated rings. The van der Waals surface area contributed by atoms with Crippen LogP contribution in [0.3, 0.4) is 0 Å². The highest BCUT2D eigenvalue weighted by Gasteiger charge is 2.34. The fraction of sp³-hybridized carbons (Fsp3) is 0.800. The van der Waals surface area contributed by atoms with Gasteiger partial charge in [0.25, 0.3) is 5.88 Å². The number of hydrogen-bond donors (Lipinski definition) is 0. The van der Waals surface area contributed by atoms with Crippen LogP contribution in [0, 0.1) is 0 Å². The largest absolute Gasteiger partial charge is 0.531 e. The SMILES string of the molecule is CCCCCCS(=O)(=O)c1c(Cl)c(OP(=O)(OCC)OCC)nn1CC. The van der Waals surface area contributed by atoms with Gasteiger partial charge in [-0.3, -0.25) is 9.05 Å². The molecule has 0 N–H and O–H groups in total. The Hall–Kier alpha value is -0.600. The zero-order valence-electron chi connectivity index (χ0n) is 15.7. The molecule has 11 heteroatoms. The molecule has 0 atom stereocenters. The molecule has 1 aromatic rings. The van der Waals surface area contributed by atoms with Gasteiger partial charge in [0.05, 0.1) is 19.0 Å². The summed E-state index contributed by atoms with van der Waals surface area (Å²) >= 11 is 6.22. The molecule has 1 heterocycles. The van der Waals surface area contributed by atoms with Crippen LogP contribution in [0.15, 0.2) is 5.03 Å². The maximum absolute atomic E-state index is 12.7. The number of rotatable bonds is 13. The number of halogens is 1. The maximum atomic E-state index is 12.7. The predicted molar refractivity (Wildman–Crippen MR) is 101 cm³/mol. The van der Waals surface area contributed by atoms with Crippen LogP contribution in [0.4, 0.5) is 0 Å². The number of phosphoric ester groups is 1. The van der Waals surface area contributed by atoms with Gasteiger partial charge in [0.1, 0.15) is 5.02 Å². The Morgan fingerprint density at radius 2 is 1.69 bits per heavy atom. The number of hydrogen-bond acceptors (Lipinski definition) is 7. The smallest absolute Gasteiger partial charge is 0.382 e. The van der Waals surface area contributed by atoms with E-state index in [9.17, 15) is 13.0 Å². The molecule has 0 saturated carbocycles. The van der Waals surface area contributed by atoms with Gasteiger partial charge in [-0.25, -0.2) is 17.7 Å². The monoisotopic (exact) mass is 430 g/mol. The van der Waals surface area contributed by atoms with Crippen molar-refractivity contribution in [2.24, 2.45) is 0 Å². The van der Waals surface area contributed by atoms with Crippen molar-refractivity contribution in [3.63, 3.8) is 0 Å². The van der Waals surface area contributed by atoms with Crippen molar-refractivity contribution < 1.29 is 26.6 Å². The molecular weight excluding hydrogens is 403 g/mol. The lowest BCUT2D eigenvalue weighted by Gasteiger charge is -2.15. The average molecular weight is 431 g/mol. The fourth-order valence-electron chi connectivity index (χ4n) is 2.30. The van der Waals surface area contributed by atoms with Gasteiger partial charge in [0, 0.05) is 6.54 Å². The van der Waals surface area contributed by atoms with Crippen molar-refractivity contribution in [1.29, 1.82) is 0 Å². The quantitative estimate of drug-likeness (QED) is 0.336. The molecule has 0 bridgehead atoms. The summed E-state index contributed by atoms with van der Waals surface area (Å²) in [4.78, 5) is 0. The molecule has 8 nitrogen and oxygen atoms in total. The van der Waals surface area contributed by atoms with E-state index in [1.54, 1.807) is 20.8 Å². The first kappa shape index (κ1) is 23.4. The highest BCUT2D eigenvalue weighted by Crippen LogP contribution is 2.51. The Balaban J connectivity index is 3.14. The number of phosphoric acid groups is 1. The zero-order chi connectivity index (χ0) is 19.8. The van der Waals surface area contributed by atoms with Crippen molar-refractivity contribution in [1.82, 2.24) is 9.78 Å². The molecule has 1 aromatic heterocycles. The van der Waals surface area contributed by atoms with Crippen LogP contribution in [0.5, 0.6) is 5.88 Å². The molecule has 0 saturated heterocycles. The first-order valence-electron chi connectivity index (χ1n) is 8.82. The molecule has 0 aliphatic heterocycles. The molecular formula is C15H28ClN2O6PS. The zero-order valence-corrected chi connectivity index (χ0v) is 18.2. The number of unbranched alkanes of at least 4 members (excludes halogenated alkanes) is 3. The van der Waals surface area contributed by atoms with E-state index in [1.165, 1.54) is 4.68 Å². The second-order valence-electron chi connectivity index (χ2n) is 5.49. The van der Waals surface area contributed by atoms with Gasteiger partial charge in [0.2, 0.25) is 0 Å². The van der Waals surface area contributed by atoms with Gasteiger partial charge in [0.15, 0.2) is 14.9 Å². The third-order valence-electron chi connectivity index (χ3n) is 3.45. The maximum Gasteiger partial charge on any atom is 0.531 e. The molecule has 0 aliphatic carbocycles. The van der Waals surface area contributed by atoms with E-state index in [2.05, 4.69) is 12.0 Å². The van der Waals surface area contributed by atoms with Crippen LogP contribution in [-0.2, 0) is 30.0 Å². The molecule has 0 radical (unpaired) electrons.